The first kappa shape index (κ1) is 13.5. The van der Waals surface area contributed by atoms with Crippen LogP contribution in [0.4, 0.5) is 4.39 Å². The molecule has 5 heteroatoms. The van der Waals surface area contributed by atoms with E-state index in [-0.39, 0.29) is 11.3 Å². The Hall–Kier alpha value is -1.88. The molecule has 0 saturated carbocycles. The molecule has 0 heterocycles. The van der Waals surface area contributed by atoms with Crippen LogP contribution in [0.5, 0.6) is 11.5 Å². The van der Waals surface area contributed by atoms with Gasteiger partial charge in [0.15, 0.2) is 0 Å². The van der Waals surface area contributed by atoms with Crippen molar-refractivity contribution in [2.45, 2.75) is 6.92 Å². The molecule has 98 valence electrons. The Labute approximate surface area is 118 Å². The number of amides is 1. The van der Waals surface area contributed by atoms with Gasteiger partial charge in [0.1, 0.15) is 22.9 Å². The molecule has 3 nitrogen and oxygen atoms in total. The fourth-order valence-electron chi connectivity index (χ4n) is 1.64. The average molecular weight is 324 g/mol. The van der Waals surface area contributed by atoms with Crippen LogP contribution in [0.1, 0.15) is 15.9 Å². The number of benzene rings is 2. The number of halogens is 2. The molecule has 0 aromatic heterocycles. The minimum atomic E-state index is -0.865. The second-order valence-electron chi connectivity index (χ2n) is 4.01. The molecule has 0 aliphatic carbocycles. The summed E-state index contributed by atoms with van der Waals surface area (Å²) in [5.41, 5.74) is 5.96. The predicted octanol–water partition coefficient (Wildman–Crippen LogP) is 3.79. The van der Waals surface area contributed by atoms with Crippen molar-refractivity contribution in [2.75, 3.05) is 0 Å². The molecule has 0 bridgehead atoms. The van der Waals surface area contributed by atoms with E-state index in [9.17, 15) is 9.18 Å². The number of aryl methyl sites for hydroxylation is 1. The number of primary amides is 1. The lowest BCUT2D eigenvalue weighted by Gasteiger charge is -2.11. The fraction of sp³-hybridized carbons (Fsp3) is 0.0714. The molecule has 2 aromatic rings. The normalized spacial score (nSPS) is 10.3. The van der Waals surface area contributed by atoms with Crippen LogP contribution >= 0.6 is 15.9 Å². The van der Waals surface area contributed by atoms with E-state index in [4.69, 9.17) is 10.5 Å². The van der Waals surface area contributed by atoms with Crippen molar-refractivity contribution in [3.8, 4) is 11.5 Å². The van der Waals surface area contributed by atoms with E-state index in [2.05, 4.69) is 15.9 Å². The van der Waals surface area contributed by atoms with Crippen molar-refractivity contribution in [3.63, 3.8) is 0 Å². The number of nitrogens with two attached hydrogens (primary N) is 1. The average Bonchev–Trinajstić information content (AvgIpc) is 2.32. The summed E-state index contributed by atoms with van der Waals surface area (Å²) in [5.74, 6) is -0.986. The zero-order chi connectivity index (χ0) is 14.0. The first-order chi connectivity index (χ1) is 8.99. The SMILES string of the molecule is Cc1ccc(Oc2cccc(F)c2C(N)=O)c(Br)c1. The van der Waals surface area contributed by atoms with Gasteiger partial charge in [-0.15, -0.1) is 0 Å². The summed E-state index contributed by atoms with van der Waals surface area (Å²) in [7, 11) is 0. The topological polar surface area (TPSA) is 52.3 Å². The van der Waals surface area contributed by atoms with Crippen molar-refractivity contribution in [2.24, 2.45) is 5.73 Å². The quantitative estimate of drug-likeness (QED) is 0.934. The van der Waals surface area contributed by atoms with E-state index in [1.807, 2.05) is 19.1 Å². The maximum Gasteiger partial charge on any atom is 0.255 e. The van der Waals surface area contributed by atoms with E-state index < -0.39 is 11.7 Å². The molecular weight excluding hydrogens is 313 g/mol. The van der Waals surface area contributed by atoms with Gasteiger partial charge in [-0.25, -0.2) is 4.39 Å². The van der Waals surface area contributed by atoms with Crippen LogP contribution in [-0.4, -0.2) is 5.91 Å². The number of rotatable bonds is 3. The van der Waals surface area contributed by atoms with Gasteiger partial charge in [-0.3, -0.25) is 4.79 Å². The van der Waals surface area contributed by atoms with E-state index >= 15 is 0 Å². The highest BCUT2D eigenvalue weighted by Crippen LogP contribution is 2.32. The van der Waals surface area contributed by atoms with Crippen LogP contribution in [0.15, 0.2) is 40.9 Å². The van der Waals surface area contributed by atoms with Crippen molar-refractivity contribution in [3.05, 3.63) is 57.8 Å². The first-order valence-corrected chi connectivity index (χ1v) is 6.30. The summed E-state index contributed by atoms with van der Waals surface area (Å²) >= 11 is 3.35. The second-order valence-corrected chi connectivity index (χ2v) is 4.87. The van der Waals surface area contributed by atoms with Crippen LogP contribution in [0.3, 0.4) is 0 Å². The highest BCUT2D eigenvalue weighted by atomic mass is 79.9. The molecule has 2 aromatic carbocycles. The monoisotopic (exact) mass is 323 g/mol. The Bertz CT molecular complexity index is 643. The van der Waals surface area contributed by atoms with Crippen LogP contribution in [0.2, 0.25) is 0 Å². The van der Waals surface area contributed by atoms with Crippen LogP contribution in [-0.2, 0) is 0 Å². The molecule has 1 amide bonds. The highest BCUT2D eigenvalue weighted by Gasteiger charge is 2.16. The third-order valence-corrected chi connectivity index (χ3v) is 3.15. The minimum absolute atomic E-state index is 0.0945. The summed E-state index contributed by atoms with van der Waals surface area (Å²) in [6.07, 6.45) is 0. The molecule has 2 rings (SSSR count). The highest BCUT2D eigenvalue weighted by molar-refractivity contribution is 9.10. The van der Waals surface area contributed by atoms with E-state index in [1.54, 1.807) is 6.07 Å². The lowest BCUT2D eigenvalue weighted by molar-refractivity contribution is 0.0994. The maximum atomic E-state index is 13.6. The first-order valence-electron chi connectivity index (χ1n) is 5.51. The number of hydrogen-bond donors (Lipinski definition) is 1. The molecule has 0 saturated heterocycles. The Morgan fingerprint density at radius 1 is 1.26 bits per heavy atom. The summed E-state index contributed by atoms with van der Waals surface area (Å²) < 4.78 is 19.8. The molecule has 0 aliphatic rings. The smallest absolute Gasteiger partial charge is 0.255 e. The summed E-state index contributed by atoms with van der Waals surface area (Å²) in [6, 6.07) is 9.56. The Kier molecular flexibility index (Phi) is 3.85. The van der Waals surface area contributed by atoms with Gasteiger partial charge in [-0.05, 0) is 52.7 Å². The molecule has 2 N–H and O–H groups in total. The van der Waals surface area contributed by atoms with Gasteiger partial charge < -0.3 is 10.5 Å². The molecule has 0 unspecified atom stereocenters. The molecule has 0 aliphatic heterocycles. The minimum Gasteiger partial charge on any atom is -0.455 e. The molecular formula is C14H11BrFNO2. The van der Waals surface area contributed by atoms with Crippen molar-refractivity contribution < 1.29 is 13.9 Å². The number of carbonyl (C=O) groups excluding carboxylic acids is 1. The summed E-state index contributed by atoms with van der Waals surface area (Å²) in [6.45, 7) is 1.94. The molecule has 0 atom stereocenters. The number of carbonyl (C=O) groups is 1. The van der Waals surface area contributed by atoms with Crippen molar-refractivity contribution in [1.82, 2.24) is 0 Å². The largest absolute Gasteiger partial charge is 0.455 e. The van der Waals surface area contributed by atoms with Crippen LogP contribution in [0, 0.1) is 12.7 Å². The zero-order valence-corrected chi connectivity index (χ0v) is 11.7. The standard InChI is InChI=1S/C14H11BrFNO2/c1-8-5-6-11(9(15)7-8)19-12-4-2-3-10(16)13(12)14(17)18/h2-7H,1H3,(H2,17,18). The molecule has 0 radical (unpaired) electrons. The summed E-state index contributed by atoms with van der Waals surface area (Å²) in [4.78, 5) is 11.3. The van der Waals surface area contributed by atoms with Gasteiger partial charge in [0.25, 0.3) is 5.91 Å². The third-order valence-electron chi connectivity index (χ3n) is 2.53. The summed E-state index contributed by atoms with van der Waals surface area (Å²) in [5, 5.41) is 0. The fourth-order valence-corrected chi connectivity index (χ4v) is 2.21. The third kappa shape index (κ3) is 2.93. The van der Waals surface area contributed by atoms with Gasteiger partial charge in [-0.1, -0.05) is 12.1 Å². The zero-order valence-electron chi connectivity index (χ0n) is 10.1. The lowest BCUT2D eigenvalue weighted by Crippen LogP contribution is -2.14. The Morgan fingerprint density at radius 3 is 2.63 bits per heavy atom. The van der Waals surface area contributed by atoms with Crippen LogP contribution < -0.4 is 10.5 Å². The van der Waals surface area contributed by atoms with Gasteiger partial charge >= 0.3 is 0 Å². The lowest BCUT2D eigenvalue weighted by atomic mass is 10.1. The predicted molar refractivity (Wildman–Crippen MR) is 73.9 cm³/mol. The van der Waals surface area contributed by atoms with Gasteiger partial charge in [0, 0.05) is 0 Å². The van der Waals surface area contributed by atoms with Crippen molar-refractivity contribution in [1.29, 1.82) is 0 Å². The van der Waals surface area contributed by atoms with Gasteiger partial charge in [-0.2, -0.15) is 0 Å². The van der Waals surface area contributed by atoms with Crippen LogP contribution in [0.25, 0.3) is 0 Å². The molecule has 0 spiro atoms. The number of ether oxygens (including phenoxy) is 1. The Balaban J connectivity index is 2.44. The number of hydrogen-bond acceptors (Lipinski definition) is 2. The van der Waals surface area contributed by atoms with Gasteiger partial charge in [0.05, 0.1) is 4.47 Å². The molecule has 19 heavy (non-hydrogen) atoms. The second kappa shape index (κ2) is 5.40. The maximum absolute atomic E-state index is 13.6. The molecule has 0 fully saturated rings. The Morgan fingerprint density at radius 2 is 2.00 bits per heavy atom. The van der Waals surface area contributed by atoms with E-state index in [0.29, 0.717) is 10.2 Å². The van der Waals surface area contributed by atoms with E-state index in [1.165, 1.54) is 12.1 Å². The van der Waals surface area contributed by atoms with Crippen molar-refractivity contribution >= 4 is 21.8 Å². The van der Waals surface area contributed by atoms with Gasteiger partial charge in [0.2, 0.25) is 0 Å². The van der Waals surface area contributed by atoms with E-state index in [0.717, 1.165) is 11.6 Å².